The van der Waals surface area contributed by atoms with E-state index in [2.05, 4.69) is 41.8 Å². The Bertz CT molecular complexity index is 1500. The van der Waals surface area contributed by atoms with Crippen molar-refractivity contribution in [2.24, 2.45) is 7.05 Å². The number of nitrogens with zero attached hydrogens (tertiary/aromatic N) is 7. The molecule has 0 spiro atoms. The van der Waals surface area contributed by atoms with Gasteiger partial charge in [0.1, 0.15) is 0 Å². The number of carbonyl (C=O) groups is 1. The molecule has 0 saturated carbocycles. The molecule has 3 N–H and O–H groups in total. The van der Waals surface area contributed by atoms with Crippen LogP contribution in [-0.4, -0.2) is 65.5 Å². The number of aryl methyl sites for hydroxylation is 2. The van der Waals surface area contributed by atoms with Gasteiger partial charge in [0.15, 0.2) is 0 Å². The Kier molecular flexibility index (Phi) is 7.63. The number of hydrogen-bond donors (Lipinski definition) is 3. The summed E-state index contributed by atoms with van der Waals surface area (Å²) in [5.74, 6) is 0.525. The van der Waals surface area contributed by atoms with Crippen molar-refractivity contribution in [1.29, 1.82) is 0 Å². The van der Waals surface area contributed by atoms with E-state index < -0.39 is 0 Å². The highest BCUT2D eigenvalue weighted by Gasteiger charge is 2.28. The van der Waals surface area contributed by atoms with E-state index in [1.807, 2.05) is 59.1 Å². The zero-order valence-electron chi connectivity index (χ0n) is 23.5. The first-order chi connectivity index (χ1) is 19.1. The summed E-state index contributed by atoms with van der Waals surface area (Å²) in [5, 5.41) is 24.2. The number of fused-ring (bicyclic) bond motifs is 1. The number of aliphatic hydroxyl groups excluding tert-OH is 1. The summed E-state index contributed by atoms with van der Waals surface area (Å²) in [6, 6.07) is 7.75. The molecule has 0 bridgehead atoms. The van der Waals surface area contributed by atoms with Crippen LogP contribution in [0.4, 0.5) is 11.6 Å². The maximum absolute atomic E-state index is 13.1. The molecule has 3 aromatic heterocycles. The van der Waals surface area contributed by atoms with Crippen LogP contribution in [0.5, 0.6) is 0 Å². The maximum atomic E-state index is 13.1. The molecule has 40 heavy (non-hydrogen) atoms. The Labute approximate surface area is 232 Å². The van der Waals surface area contributed by atoms with Gasteiger partial charge in [0.2, 0.25) is 11.8 Å². The SMILES string of the molecule is Cc1nn(C)cc1Nc1nccc(-c2ccc3c(c2)CN(CCO)CC[C@H]3NC(=O)c2noc(C(C)(C)C)n2)n1. The van der Waals surface area contributed by atoms with Crippen molar-refractivity contribution in [1.82, 2.24) is 40.1 Å². The molecule has 1 amide bonds. The van der Waals surface area contributed by atoms with Gasteiger partial charge in [-0.05, 0) is 36.6 Å². The number of amides is 1. The van der Waals surface area contributed by atoms with Gasteiger partial charge in [-0.15, -0.1) is 0 Å². The molecule has 1 aliphatic rings. The number of carbonyl (C=O) groups excluding carboxylic acids is 1. The third kappa shape index (κ3) is 6.02. The van der Waals surface area contributed by atoms with Gasteiger partial charge in [0, 0.05) is 50.1 Å². The zero-order valence-corrected chi connectivity index (χ0v) is 23.5. The lowest BCUT2D eigenvalue weighted by atomic mass is 9.96. The predicted octanol–water partition coefficient (Wildman–Crippen LogP) is 3.28. The van der Waals surface area contributed by atoms with E-state index in [0.717, 1.165) is 33.8 Å². The van der Waals surface area contributed by atoms with Crippen LogP contribution in [0.2, 0.25) is 0 Å². The third-order valence-electron chi connectivity index (χ3n) is 6.85. The van der Waals surface area contributed by atoms with Crippen LogP contribution in [-0.2, 0) is 19.0 Å². The summed E-state index contributed by atoms with van der Waals surface area (Å²) in [6.45, 7) is 9.72. The monoisotopic (exact) mass is 545 g/mol. The van der Waals surface area contributed by atoms with Crippen LogP contribution in [0.25, 0.3) is 11.3 Å². The number of rotatable bonds is 7. The minimum atomic E-state index is -0.382. The number of anilines is 2. The van der Waals surface area contributed by atoms with Crippen molar-refractivity contribution in [3.63, 3.8) is 0 Å². The molecule has 4 heterocycles. The zero-order chi connectivity index (χ0) is 28.4. The largest absolute Gasteiger partial charge is 0.395 e. The average molecular weight is 546 g/mol. The normalized spacial score (nSPS) is 15.9. The van der Waals surface area contributed by atoms with Gasteiger partial charge in [0.05, 0.1) is 29.7 Å². The van der Waals surface area contributed by atoms with Gasteiger partial charge in [-0.1, -0.05) is 38.1 Å². The first-order valence-electron chi connectivity index (χ1n) is 13.3. The van der Waals surface area contributed by atoms with Crippen molar-refractivity contribution in [3.05, 3.63) is 65.2 Å². The maximum Gasteiger partial charge on any atom is 0.293 e. The fourth-order valence-electron chi connectivity index (χ4n) is 4.78. The van der Waals surface area contributed by atoms with Crippen molar-refractivity contribution < 1.29 is 14.4 Å². The second-order valence-corrected chi connectivity index (χ2v) is 11.1. The van der Waals surface area contributed by atoms with E-state index >= 15 is 0 Å². The Balaban J connectivity index is 1.42. The summed E-state index contributed by atoms with van der Waals surface area (Å²) in [5.41, 5.74) is 5.10. The molecule has 210 valence electrons. The number of β-amino-alcohol motifs (C(OH)–C–C–N with tert-alkyl or cyclic N) is 1. The Morgan fingerprint density at radius 1 is 1.23 bits per heavy atom. The van der Waals surface area contributed by atoms with E-state index in [4.69, 9.17) is 9.51 Å². The topological polar surface area (TPSA) is 147 Å². The molecular formula is C28H35N9O3. The fourth-order valence-corrected chi connectivity index (χ4v) is 4.78. The summed E-state index contributed by atoms with van der Waals surface area (Å²) in [4.78, 5) is 28.7. The van der Waals surface area contributed by atoms with Gasteiger partial charge >= 0.3 is 0 Å². The van der Waals surface area contributed by atoms with Crippen LogP contribution in [0, 0.1) is 6.92 Å². The van der Waals surface area contributed by atoms with E-state index in [0.29, 0.717) is 37.9 Å². The smallest absolute Gasteiger partial charge is 0.293 e. The van der Waals surface area contributed by atoms with Crippen molar-refractivity contribution in [3.8, 4) is 11.3 Å². The van der Waals surface area contributed by atoms with Crippen molar-refractivity contribution in [2.45, 2.75) is 52.1 Å². The summed E-state index contributed by atoms with van der Waals surface area (Å²) in [6.07, 6.45) is 4.28. The molecule has 12 heteroatoms. The Morgan fingerprint density at radius 2 is 2.05 bits per heavy atom. The summed E-state index contributed by atoms with van der Waals surface area (Å²) >= 11 is 0. The van der Waals surface area contributed by atoms with Crippen LogP contribution in [0.1, 0.15) is 66.6 Å². The minimum absolute atomic E-state index is 0.0180. The van der Waals surface area contributed by atoms with Gasteiger partial charge in [-0.2, -0.15) is 10.1 Å². The molecule has 4 aromatic rings. The molecule has 1 aromatic carbocycles. The highest BCUT2D eigenvalue weighted by atomic mass is 16.5. The van der Waals surface area contributed by atoms with Crippen LogP contribution in [0.3, 0.4) is 0 Å². The summed E-state index contributed by atoms with van der Waals surface area (Å²) in [7, 11) is 1.87. The number of nitrogens with one attached hydrogen (secondary N) is 2. The lowest BCUT2D eigenvalue weighted by Crippen LogP contribution is -2.31. The van der Waals surface area contributed by atoms with Crippen molar-refractivity contribution in [2.75, 3.05) is 25.0 Å². The molecule has 5 rings (SSSR count). The van der Waals surface area contributed by atoms with E-state index in [1.54, 1.807) is 10.9 Å². The highest BCUT2D eigenvalue weighted by Crippen LogP contribution is 2.31. The van der Waals surface area contributed by atoms with Gasteiger partial charge in [0.25, 0.3) is 11.7 Å². The molecule has 0 saturated heterocycles. The van der Waals surface area contributed by atoms with E-state index in [9.17, 15) is 9.90 Å². The standard InChI is InChI=1S/C28H35N9O3/c1-17-23(16-36(5)34-17)32-27-29-10-8-21(31-27)18-6-7-20-19(14-18)15-37(12-13-38)11-9-22(20)30-25(39)24-33-26(40-35-24)28(2,3)4/h6-8,10,14,16,22,38H,9,11-13,15H2,1-5H3,(H,30,39)(H,29,31,32)/t22-/m1/s1. The fraction of sp³-hybridized carbons (Fsp3) is 0.429. The first kappa shape index (κ1) is 27.4. The molecule has 12 nitrogen and oxygen atoms in total. The number of aromatic nitrogens is 6. The molecule has 0 radical (unpaired) electrons. The van der Waals surface area contributed by atoms with E-state index in [1.165, 1.54) is 0 Å². The first-order valence-corrected chi connectivity index (χ1v) is 13.3. The second kappa shape index (κ2) is 11.1. The van der Waals surface area contributed by atoms with Gasteiger partial charge < -0.3 is 20.3 Å². The molecule has 0 unspecified atom stereocenters. The minimum Gasteiger partial charge on any atom is -0.395 e. The number of hydrogen-bond acceptors (Lipinski definition) is 10. The molecule has 0 aliphatic carbocycles. The quantitative estimate of drug-likeness (QED) is 0.316. The van der Waals surface area contributed by atoms with Crippen LogP contribution in [0.15, 0.2) is 41.2 Å². The van der Waals surface area contributed by atoms with Crippen LogP contribution >= 0.6 is 0 Å². The van der Waals surface area contributed by atoms with Crippen molar-refractivity contribution >= 4 is 17.5 Å². The highest BCUT2D eigenvalue weighted by molar-refractivity contribution is 5.90. The number of benzene rings is 1. The molecule has 1 atom stereocenters. The molecule has 0 fully saturated rings. The third-order valence-corrected chi connectivity index (χ3v) is 6.85. The molecule has 1 aliphatic heterocycles. The van der Waals surface area contributed by atoms with Crippen LogP contribution < -0.4 is 10.6 Å². The van der Waals surface area contributed by atoms with E-state index in [-0.39, 0.29) is 29.8 Å². The average Bonchev–Trinajstić information content (AvgIpc) is 3.49. The van der Waals surface area contributed by atoms with Gasteiger partial charge in [-0.25, -0.2) is 9.97 Å². The Hall–Kier alpha value is -4.16. The summed E-state index contributed by atoms with van der Waals surface area (Å²) < 4.78 is 7.06. The number of aliphatic hydroxyl groups is 1. The molecular weight excluding hydrogens is 510 g/mol. The predicted molar refractivity (Wildman–Crippen MR) is 149 cm³/mol. The lowest BCUT2D eigenvalue weighted by Gasteiger charge is -2.19. The van der Waals surface area contributed by atoms with Gasteiger partial charge in [-0.3, -0.25) is 14.4 Å². The lowest BCUT2D eigenvalue weighted by molar-refractivity contribution is 0.0918. The second-order valence-electron chi connectivity index (χ2n) is 11.1. The Morgan fingerprint density at radius 3 is 2.75 bits per heavy atom.